The van der Waals surface area contributed by atoms with E-state index in [0.717, 1.165) is 12.5 Å². The van der Waals surface area contributed by atoms with E-state index in [1.165, 1.54) is 38.5 Å². The molecular weight excluding hydrogens is 264 g/mol. The first-order chi connectivity index (χ1) is 10.3. The third-order valence-corrected chi connectivity index (χ3v) is 4.75. The van der Waals surface area contributed by atoms with Crippen LogP contribution in [-0.2, 0) is 4.79 Å². The van der Waals surface area contributed by atoms with Crippen molar-refractivity contribution in [3.05, 3.63) is 18.5 Å². The van der Waals surface area contributed by atoms with Gasteiger partial charge in [0.05, 0.1) is 0 Å². The molecule has 0 unspecified atom stereocenters. The van der Waals surface area contributed by atoms with Gasteiger partial charge in [-0.2, -0.15) is 0 Å². The molecule has 1 aromatic heterocycles. The van der Waals surface area contributed by atoms with Crippen LogP contribution in [0.15, 0.2) is 18.5 Å². The van der Waals surface area contributed by atoms with E-state index < -0.39 is 0 Å². The van der Waals surface area contributed by atoms with Crippen molar-refractivity contribution < 1.29 is 4.79 Å². The van der Waals surface area contributed by atoms with Crippen LogP contribution in [0.25, 0.3) is 0 Å². The van der Waals surface area contributed by atoms with E-state index in [1.54, 1.807) is 18.5 Å². The van der Waals surface area contributed by atoms with Crippen LogP contribution in [0.2, 0.25) is 0 Å². The fraction of sp³-hybridized carbons (Fsp3) is 0.688. The van der Waals surface area contributed by atoms with Gasteiger partial charge in [0.2, 0.25) is 11.9 Å². The van der Waals surface area contributed by atoms with Crippen molar-refractivity contribution in [3.63, 3.8) is 0 Å². The summed E-state index contributed by atoms with van der Waals surface area (Å²) >= 11 is 0. The molecule has 2 aliphatic rings. The zero-order chi connectivity index (χ0) is 14.5. The van der Waals surface area contributed by atoms with Crippen molar-refractivity contribution >= 4 is 11.9 Å². The van der Waals surface area contributed by atoms with Gasteiger partial charge in [0.25, 0.3) is 0 Å². The summed E-state index contributed by atoms with van der Waals surface area (Å²) in [7, 11) is 0. The molecule has 3 rings (SSSR count). The number of nitrogens with zero attached hydrogens (tertiary/aromatic N) is 3. The zero-order valence-electron chi connectivity index (χ0n) is 12.5. The largest absolute Gasteiger partial charge is 0.354 e. The lowest BCUT2D eigenvalue weighted by molar-refractivity contribution is -0.132. The highest BCUT2D eigenvalue weighted by atomic mass is 16.2. The Morgan fingerprint density at radius 3 is 2.71 bits per heavy atom. The Balaban J connectivity index is 1.48. The van der Waals surface area contributed by atoms with Crippen molar-refractivity contribution in [2.45, 2.75) is 51.0 Å². The average molecular weight is 288 g/mol. The number of carbonyl (C=O) groups is 1. The summed E-state index contributed by atoms with van der Waals surface area (Å²) in [6.07, 6.45) is 11.6. The molecule has 1 amide bonds. The summed E-state index contributed by atoms with van der Waals surface area (Å²) < 4.78 is 0. The van der Waals surface area contributed by atoms with Crippen LogP contribution in [0.3, 0.4) is 0 Å². The highest BCUT2D eigenvalue weighted by Crippen LogP contribution is 2.35. The van der Waals surface area contributed by atoms with E-state index >= 15 is 0 Å². The lowest BCUT2D eigenvalue weighted by atomic mass is 9.96. The fourth-order valence-corrected chi connectivity index (χ4v) is 3.75. The summed E-state index contributed by atoms with van der Waals surface area (Å²) in [6, 6.07) is 2.29. The van der Waals surface area contributed by atoms with Gasteiger partial charge in [-0.1, -0.05) is 12.8 Å². The maximum Gasteiger partial charge on any atom is 0.224 e. The highest BCUT2D eigenvalue weighted by Gasteiger charge is 2.35. The van der Waals surface area contributed by atoms with E-state index in [0.29, 0.717) is 25.0 Å². The molecule has 0 spiro atoms. The monoisotopic (exact) mass is 288 g/mol. The maximum absolute atomic E-state index is 12.4. The van der Waals surface area contributed by atoms with Crippen molar-refractivity contribution in [2.75, 3.05) is 18.4 Å². The number of amides is 1. The van der Waals surface area contributed by atoms with Crippen LogP contribution < -0.4 is 5.32 Å². The van der Waals surface area contributed by atoms with Gasteiger partial charge in [-0.3, -0.25) is 4.79 Å². The minimum atomic E-state index is 0.285. The second-order valence-electron chi connectivity index (χ2n) is 6.09. The van der Waals surface area contributed by atoms with Gasteiger partial charge in [-0.15, -0.1) is 0 Å². The molecule has 21 heavy (non-hydrogen) atoms. The molecule has 1 saturated carbocycles. The van der Waals surface area contributed by atoms with Crippen molar-refractivity contribution in [1.82, 2.24) is 14.9 Å². The normalized spacial score (nSPS) is 22.7. The van der Waals surface area contributed by atoms with Crippen LogP contribution >= 0.6 is 0 Å². The van der Waals surface area contributed by atoms with Gasteiger partial charge >= 0.3 is 0 Å². The summed E-state index contributed by atoms with van der Waals surface area (Å²) in [5.74, 6) is 1.63. The second-order valence-corrected chi connectivity index (χ2v) is 6.09. The predicted octanol–water partition coefficient (Wildman–Crippen LogP) is 2.46. The molecule has 114 valence electrons. The smallest absolute Gasteiger partial charge is 0.224 e. The van der Waals surface area contributed by atoms with E-state index in [9.17, 15) is 4.79 Å². The number of rotatable bonds is 5. The quantitative estimate of drug-likeness (QED) is 0.904. The third-order valence-electron chi connectivity index (χ3n) is 4.75. The lowest BCUT2D eigenvalue weighted by Crippen LogP contribution is -2.40. The fourth-order valence-electron chi connectivity index (χ4n) is 3.75. The molecule has 2 fully saturated rings. The molecule has 0 bridgehead atoms. The number of aromatic nitrogens is 2. The topological polar surface area (TPSA) is 58.1 Å². The summed E-state index contributed by atoms with van der Waals surface area (Å²) in [6.45, 7) is 1.55. The van der Waals surface area contributed by atoms with Gasteiger partial charge in [0.15, 0.2) is 0 Å². The van der Waals surface area contributed by atoms with Crippen molar-refractivity contribution in [2.24, 2.45) is 5.92 Å². The molecule has 1 saturated heterocycles. The minimum absolute atomic E-state index is 0.285. The SMILES string of the molecule is O=C(CCNc1ncccn1)N1CCC[C@@H]1C1CCCC1. The second kappa shape index (κ2) is 6.87. The highest BCUT2D eigenvalue weighted by molar-refractivity contribution is 5.77. The Hall–Kier alpha value is -1.65. The Bertz CT molecular complexity index is 459. The zero-order valence-corrected chi connectivity index (χ0v) is 12.5. The van der Waals surface area contributed by atoms with Crippen LogP contribution in [0.1, 0.15) is 44.9 Å². The molecule has 1 atom stereocenters. The summed E-state index contributed by atoms with van der Waals surface area (Å²) in [5.41, 5.74) is 0. The number of anilines is 1. The van der Waals surface area contributed by atoms with Crippen LogP contribution in [0, 0.1) is 5.92 Å². The van der Waals surface area contributed by atoms with Crippen molar-refractivity contribution in [1.29, 1.82) is 0 Å². The Labute approximate surface area is 126 Å². The molecular formula is C16H24N4O. The molecule has 5 heteroatoms. The maximum atomic E-state index is 12.4. The van der Waals surface area contributed by atoms with Crippen molar-refractivity contribution in [3.8, 4) is 0 Å². The molecule has 1 aliphatic heterocycles. The van der Waals surface area contributed by atoms with Crippen LogP contribution in [0.4, 0.5) is 5.95 Å². The van der Waals surface area contributed by atoms with E-state index in [2.05, 4.69) is 20.2 Å². The predicted molar refractivity (Wildman–Crippen MR) is 81.8 cm³/mol. The number of hydrogen-bond donors (Lipinski definition) is 1. The van der Waals surface area contributed by atoms with Crippen LogP contribution in [0.5, 0.6) is 0 Å². The first-order valence-electron chi connectivity index (χ1n) is 8.15. The van der Waals surface area contributed by atoms with E-state index in [1.807, 2.05) is 0 Å². The molecule has 0 aromatic carbocycles. The van der Waals surface area contributed by atoms with E-state index in [-0.39, 0.29) is 5.91 Å². The Kier molecular flexibility index (Phi) is 4.68. The molecule has 0 radical (unpaired) electrons. The number of carbonyl (C=O) groups excluding carboxylic acids is 1. The summed E-state index contributed by atoms with van der Waals surface area (Å²) in [5, 5.41) is 3.11. The van der Waals surface area contributed by atoms with Crippen LogP contribution in [-0.4, -0.2) is 39.9 Å². The third kappa shape index (κ3) is 3.52. The van der Waals surface area contributed by atoms with Gasteiger partial charge in [0.1, 0.15) is 0 Å². The first kappa shape index (κ1) is 14.3. The Morgan fingerprint density at radius 1 is 1.19 bits per heavy atom. The van der Waals surface area contributed by atoms with Gasteiger partial charge < -0.3 is 10.2 Å². The average Bonchev–Trinajstić information content (AvgIpc) is 3.19. The Morgan fingerprint density at radius 2 is 1.95 bits per heavy atom. The minimum Gasteiger partial charge on any atom is -0.354 e. The number of hydrogen-bond acceptors (Lipinski definition) is 4. The molecule has 5 nitrogen and oxygen atoms in total. The number of nitrogens with one attached hydrogen (secondary N) is 1. The summed E-state index contributed by atoms with van der Waals surface area (Å²) in [4.78, 5) is 22.8. The molecule has 2 heterocycles. The van der Waals surface area contributed by atoms with Gasteiger partial charge in [-0.05, 0) is 37.7 Å². The molecule has 1 aromatic rings. The van der Waals surface area contributed by atoms with E-state index in [4.69, 9.17) is 0 Å². The van der Waals surface area contributed by atoms with Gasteiger partial charge in [0, 0.05) is 37.9 Å². The lowest BCUT2D eigenvalue weighted by Gasteiger charge is -2.29. The first-order valence-corrected chi connectivity index (χ1v) is 8.15. The molecule has 1 N–H and O–H groups in total. The number of likely N-dealkylation sites (tertiary alicyclic amines) is 1. The molecule has 1 aliphatic carbocycles. The standard InChI is InChI=1S/C16H24N4O/c21-15(8-11-19-16-17-9-4-10-18-16)20-12-3-7-14(20)13-5-1-2-6-13/h4,9-10,13-14H,1-3,5-8,11-12H2,(H,17,18,19)/t14-/m1/s1. The van der Waals surface area contributed by atoms with Gasteiger partial charge in [-0.25, -0.2) is 9.97 Å².